The van der Waals surface area contributed by atoms with Crippen LogP contribution in [0.4, 0.5) is 4.39 Å². The van der Waals surface area contributed by atoms with Crippen molar-refractivity contribution < 1.29 is 27.4 Å². The van der Waals surface area contributed by atoms with Crippen molar-refractivity contribution in [2.75, 3.05) is 26.7 Å². The number of hydrogen-bond donors (Lipinski definition) is 1. The quantitative estimate of drug-likeness (QED) is 0.638. The lowest BCUT2D eigenvalue weighted by Crippen LogP contribution is -2.47. The largest absolute Gasteiger partial charge is 0.394 e. The number of aliphatic hydroxyl groups is 1. The molecule has 3 rings (SSSR count). The van der Waals surface area contributed by atoms with Gasteiger partial charge in [0.2, 0.25) is 15.9 Å². The number of aryl methyl sites for hydroxylation is 1. The van der Waals surface area contributed by atoms with Crippen LogP contribution in [-0.2, 0) is 32.7 Å². The Balaban J connectivity index is 1.86. The summed E-state index contributed by atoms with van der Waals surface area (Å²) in [5.41, 5.74) is 0.731. The molecule has 1 aliphatic heterocycles. The first-order valence-corrected chi connectivity index (χ1v) is 12.7. The highest BCUT2D eigenvalue weighted by Crippen LogP contribution is 2.21. The van der Waals surface area contributed by atoms with Crippen molar-refractivity contribution in [1.29, 1.82) is 0 Å². The van der Waals surface area contributed by atoms with E-state index in [1.54, 1.807) is 22.7 Å². The van der Waals surface area contributed by atoms with Gasteiger partial charge in [0.25, 0.3) is 0 Å². The highest BCUT2D eigenvalue weighted by molar-refractivity contribution is 7.89. The first-order valence-electron chi connectivity index (χ1n) is 11.2. The molecule has 2 heterocycles. The summed E-state index contributed by atoms with van der Waals surface area (Å²) < 4.78 is 48.4. The maximum absolute atomic E-state index is 13.3. The second-order valence-corrected chi connectivity index (χ2v) is 10.7. The number of aliphatic hydroxyl groups excluding tert-OH is 1. The minimum atomic E-state index is -3.89. The van der Waals surface area contributed by atoms with Crippen molar-refractivity contribution in [3.8, 4) is 0 Å². The second kappa shape index (κ2) is 11.3. The Bertz CT molecular complexity index is 1060. The van der Waals surface area contributed by atoms with Crippen molar-refractivity contribution in [2.24, 2.45) is 5.92 Å². The van der Waals surface area contributed by atoms with Gasteiger partial charge in [0, 0.05) is 39.0 Å². The van der Waals surface area contributed by atoms with Gasteiger partial charge in [-0.1, -0.05) is 12.1 Å². The number of aromatic nitrogens is 3. The molecule has 1 N–H and O–H groups in total. The van der Waals surface area contributed by atoms with E-state index in [0.29, 0.717) is 25.9 Å². The third-order valence-electron chi connectivity index (χ3n) is 6.10. The van der Waals surface area contributed by atoms with Gasteiger partial charge >= 0.3 is 0 Å². The number of sulfonamides is 1. The van der Waals surface area contributed by atoms with Gasteiger partial charge in [-0.05, 0) is 37.6 Å². The van der Waals surface area contributed by atoms with E-state index >= 15 is 0 Å². The lowest BCUT2D eigenvalue weighted by Gasteiger charge is -2.35. The van der Waals surface area contributed by atoms with E-state index in [-0.39, 0.29) is 42.5 Å². The van der Waals surface area contributed by atoms with Crippen LogP contribution in [0.25, 0.3) is 0 Å². The number of fused-ring (bicyclic) bond motifs is 1. The van der Waals surface area contributed by atoms with Gasteiger partial charge in [-0.3, -0.25) is 4.79 Å². The highest BCUT2D eigenvalue weighted by Gasteiger charge is 2.31. The molecule has 34 heavy (non-hydrogen) atoms. The van der Waals surface area contributed by atoms with Gasteiger partial charge < -0.3 is 14.7 Å². The summed E-state index contributed by atoms with van der Waals surface area (Å²) >= 11 is 0. The Morgan fingerprint density at radius 2 is 2.03 bits per heavy atom. The average molecular weight is 498 g/mol. The minimum Gasteiger partial charge on any atom is -0.394 e. The van der Waals surface area contributed by atoms with E-state index in [1.165, 1.54) is 23.5 Å². The number of benzene rings is 1. The first-order chi connectivity index (χ1) is 16.1. The number of likely N-dealkylation sites (N-methyl/N-ethyl adjacent to an activating group) is 1. The number of nitrogens with zero attached hydrogens (tertiary/aromatic N) is 5. The monoisotopic (exact) mass is 497 g/mol. The number of rotatable bonds is 6. The molecule has 0 aliphatic carbocycles. The normalized spacial score (nSPS) is 21.6. The number of ether oxygens (including phenoxy) is 1. The van der Waals surface area contributed by atoms with Crippen molar-refractivity contribution in [3.63, 3.8) is 0 Å². The predicted molar refractivity (Wildman–Crippen MR) is 121 cm³/mol. The van der Waals surface area contributed by atoms with Crippen molar-refractivity contribution in [1.82, 2.24) is 24.2 Å². The molecule has 0 radical (unpaired) electrons. The molecule has 188 valence electrons. The van der Waals surface area contributed by atoms with Crippen LogP contribution in [0.1, 0.15) is 32.4 Å². The molecule has 1 amide bonds. The highest BCUT2D eigenvalue weighted by atomic mass is 32.2. The Morgan fingerprint density at radius 3 is 2.71 bits per heavy atom. The third kappa shape index (κ3) is 6.17. The van der Waals surface area contributed by atoms with Crippen LogP contribution in [0.15, 0.2) is 35.4 Å². The first kappa shape index (κ1) is 26.2. The van der Waals surface area contributed by atoms with Crippen LogP contribution >= 0.6 is 0 Å². The van der Waals surface area contributed by atoms with E-state index in [4.69, 9.17) is 4.74 Å². The zero-order chi connectivity index (χ0) is 24.9. The van der Waals surface area contributed by atoms with Crippen LogP contribution in [0.3, 0.4) is 0 Å². The van der Waals surface area contributed by atoms with Crippen LogP contribution in [0, 0.1) is 11.7 Å². The molecule has 1 aliphatic rings. The molecule has 0 bridgehead atoms. The number of halogens is 1. The fourth-order valence-corrected chi connectivity index (χ4v) is 5.07. The maximum atomic E-state index is 13.3. The number of amides is 1. The summed E-state index contributed by atoms with van der Waals surface area (Å²) in [4.78, 5) is 14.5. The van der Waals surface area contributed by atoms with Gasteiger partial charge in [0.1, 0.15) is 5.82 Å². The average Bonchev–Trinajstić information content (AvgIpc) is 3.25. The van der Waals surface area contributed by atoms with E-state index in [2.05, 4.69) is 10.3 Å². The summed E-state index contributed by atoms with van der Waals surface area (Å²) in [6.07, 6.45) is 1.87. The lowest BCUT2D eigenvalue weighted by molar-refractivity contribution is -0.136. The summed E-state index contributed by atoms with van der Waals surface area (Å²) in [6.45, 7) is 4.45. The van der Waals surface area contributed by atoms with Gasteiger partial charge in [-0.2, -0.15) is 4.31 Å². The van der Waals surface area contributed by atoms with Crippen LogP contribution in [-0.4, -0.2) is 82.5 Å². The number of hydrogen-bond acceptors (Lipinski definition) is 7. The molecular formula is C22H32FN5O5S. The molecule has 3 atom stereocenters. The Labute approximate surface area is 199 Å². The topological polar surface area (TPSA) is 118 Å². The van der Waals surface area contributed by atoms with Crippen LogP contribution in [0.2, 0.25) is 0 Å². The Kier molecular flexibility index (Phi) is 8.74. The Hall–Kier alpha value is -2.41. The van der Waals surface area contributed by atoms with Gasteiger partial charge in [0.15, 0.2) is 0 Å². The van der Waals surface area contributed by atoms with Crippen molar-refractivity contribution in [3.05, 3.63) is 42.0 Å². The zero-order valence-electron chi connectivity index (χ0n) is 19.7. The summed E-state index contributed by atoms with van der Waals surface area (Å²) in [5, 5.41) is 17.7. The second-order valence-electron chi connectivity index (χ2n) is 8.70. The third-order valence-corrected chi connectivity index (χ3v) is 7.94. The van der Waals surface area contributed by atoms with Crippen molar-refractivity contribution in [2.45, 2.75) is 56.9 Å². The number of carbonyl (C=O) groups excluding carboxylic acids is 1. The molecule has 0 spiro atoms. The van der Waals surface area contributed by atoms with Crippen LogP contribution < -0.4 is 0 Å². The van der Waals surface area contributed by atoms with E-state index in [1.807, 2.05) is 6.92 Å². The molecule has 2 aromatic rings. The fourth-order valence-electron chi connectivity index (χ4n) is 3.88. The molecule has 0 saturated heterocycles. The zero-order valence-corrected chi connectivity index (χ0v) is 20.5. The van der Waals surface area contributed by atoms with Crippen LogP contribution in [0.5, 0.6) is 0 Å². The summed E-state index contributed by atoms with van der Waals surface area (Å²) in [7, 11) is -2.45. The molecule has 0 fully saturated rings. The fraction of sp³-hybridized carbons (Fsp3) is 0.591. The maximum Gasteiger partial charge on any atom is 0.242 e. The van der Waals surface area contributed by atoms with Gasteiger partial charge in [-0.25, -0.2) is 17.5 Å². The standard InChI is InChI=1S/C22H32FN5O5S/c1-16-12-27(17(2)14-29)22(30)5-4-10-28-19(11-24-25-28)15-33-21(16)13-26(3)34(31,32)20-8-6-18(23)7-9-20/h6-9,11,16-17,21,29H,4-5,10,12-15H2,1-3H3/t16-,17+,21-/m1/s1. The predicted octanol–water partition coefficient (Wildman–Crippen LogP) is 1.26. The molecule has 12 heteroatoms. The van der Waals surface area contributed by atoms with Gasteiger partial charge in [0.05, 0.1) is 42.1 Å². The molecule has 0 saturated carbocycles. The lowest BCUT2D eigenvalue weighted by atomic mass is 10.0. The SMILES string of the molecule is C[C@@H]1CN([C@@H](C)CO)C(=O)CCCn2nncc2CO[C@@H]1CN(C)S(=O)(=O)c1ccc(F)cc1. The molecule has 1 aromatic heterocycles. The van der Waals surface area contributed by atoms with E-state index in [0.717, 1.165) is 17.8 Å². The Morgan fingerprint density at radius 1 is 1.32 bits per heavy atom. The van der Waals surface area contributed by atoms with E-state index < -0.39 is 21.9 Å². The molecular weight excluding hydrogens is 465 g/mol. The van der Waals surface area contributed by atoms with Crippen molar-refractivity contribution >= 4 is 15.9 Å². The summed E-state index contributed by atoms with van der Waals surface area (Å²) in [5.74, 6) is -0.875. The number of carbonyl (C=O) groups is 1. The van der Waals surface area contributed by atoms with E-state index in [9.17, 15) is 22.7 Å². The molecule has 10 nitrogen and oxygen atoms in total. The molecule has 1 aromatic carbocycles. The summed E-state index contributed by atoms with van der Waals surface area (Å²) in [6, 6.07) is 4.26. The smallest absolute Gasteiger partial charge is 0.242 e. The minimum absolute atomic E-state index is 0.0119. The van der Waals surface area contributed by atoms with Gasteiger partial charge in [-0.15, -0.1) is 5.10 Å². The molecule has 0 unspecified atom stereocenters.